The molecule has 0 radical (unpaired) electrons. The van der Waals surface area contributed by atoms with E-state index in [1.165, 1.54) is 5.56 Å². The van der Waals surface area contributed by atoms with Gasteiger partial charge in [-0.25, -0.2) is 0 Å². The summed E-state index contributed by atoms with van der Waals surface area (Å²) in [5.41, 5.74) is 2.46. The highest BCUT2D eigenvalue weighted by Gasteiger charge is 2.21. The smallest absolute Gasteiger partial charge is 0.135 e. The lowest BCUT2D eigenvalue weighted by molar-refractivity contribution is -0.121. The van der Waals surface area contributed by atoms with E-state index >= 15 is 0 Å². The number of aryl methyl sites for hydroxylation is 1. The number of Topliss-reactive ketones (excluding diaryl/α,β-unsaturated/α-hetero) is 1. The number of ether oxygens (including phenoxy) is 1. The molecule has 0 bridgehead atoms. The summed E-state index contributed by atoms with van der Waals surface area (Å²) in [7, 11) is 1.70. The van der Waals surface area contributed by atoms with Crippen molar-refractivity contribution in [1.82, 2.24) is 4.90 Å². The highest BCUT2D eigenvalue weighted by atomic mass is 16.5. The molecule has 3 heteroatoms. The molecule has 1 aliphatic heterocycles. The molecule has 0 aliphatic carbocycles. The van der Waals surface area contributed by atoms with E-state index in [0.29, 0.717) is 24.7 Å². The van der Waals surface area contributed by atoms with E-state index in [0.717, 1.165) is 24.4 Å². The Balaban J connectivity index is 2.11. The van der Waals surface area contributed by atoms with Crippen LogP contribution in [-0.4, -0.2) is 30.9 Å². The maximum atomic E-state index is 11.3. The van der Waals surface area contributed by atoms with Crippen LogP contribution in [0.25, 0.3) is 0 Å². The zero-order valence-electron chi connectivity index (χ0n) is 11.4. The number of benzene rings is 1. The minimum atomic E-state index is 0.364. The molecule has 3 nitrogen and oxygen atoms in total. The highest BCUT2D eigenvalue weighted by molar-refractivity contribution is 5.79. The third-order valence-corrected chi connectivity index (χ3v) is 3.80. The summed E-state index contributed by atoms with van der Waals surface area (Å²) in [4.78, 5) is 13.6. The zero-order valence-corrected chi connectivity index (χ0v) is 11.4. The predicted molar refractivity (Wildman–Crippen MR) is 72.0 cm³/mol. The monoisotopic (exact) mass is 247 g/mol. The summed E-state index contributed by atoms with van der Waals surface area (Å²) >= 11 is 0. The summed E-state index contributed by atoms with van der Waals surface area (Å²) < 4.78 is 5.28. The largest absolute Gasteiger partial charge is 0.496 e. The Hall–Kier alpha value is -1.35. The summed E-state index contributed by atoms with van der Waals surface area (Å²) in [6.45, 7) is 6.03. The van der Waals surface area contributed by atoms with E-state index in [1.54, 1.807) is 7.11 Å². The van der Waals surface area contributed by atoms with Crippen LogP contribution >= 0.6 is 0 Å². The fourth-order valence-corrected chi connectivity index (χ4v) is 2.53. The maximum Gasteiger partial charge on any atom is 0.135 e. The third kappa shape index (κ3) is 2.72. The number of piperidine rings is 1. The van der Waals surface area contributed by atoms with Gasteiger partial charge >= 0.3 is 0 Å². The number of carbonyl (C=O) groups is 1. The molecule has 1 saturated heterocycles. The van der Waals surface area contributed by atoms with Crippen molar-refractivity contribution in [2.24, 2.45) is 0 Å². The molecule has 1 atom stereocenters. The van der Waals surface area contributed by atoms with Crippen molar-refractivity contribution in [1.29, 1.82) is 0 Å². The van der Waals surface area contributed by atoms with E-state index in [4.69, 9.17) is 4.74 Å². The average Bonchev–Trinajstić information content (AvgIpc) is 2.38. The topological polar surface area (TPSA) is 29.5 Å². The Morgan fingerprint density at radius 2 is 1.94 bits per heavy atom. The van der Waals surface area contributed by atoms with Crippen molar-refractivity contribution in [3.63, 3.8) is 0 Å². The Labute approximate surface area is 109 Å². The standard InChI is InChI=1S/C15H21NO2/c1-11-10-13(4-5-15(11)18-3)12(2)16-8-6-14(17)7-9-16/h4-5,10,12H,6-9H2,1-3H3. The SMILES string of the molecule is COc1ccc(C(C)N2CCC(=O)CC2)cc1C. The van der Waals surface area contributed by atoms with Crippen molar-refractivity contribution in [3.05, 3.63) is 29.3 Å². The lowest BCUT2D eigenvalue weighted by atomic mass is 10.0. The molecular formula is C15H21NO2. The number of hydrogen-bond acceptors (Lipinski definition) is 3. The van der Waals surface area contributed by atoms with Crippen LogP contribution in [0.2, 0.25) is 0 Å². The van der Waals surface area contributed by atoms with Crippen LogP contribution in [0.15, 0.2) is 18.2 Å². The van der Waals surface area contributed by atoms with E-state index < -0.39 is 0 Å². The van der Waals surface area contributed by atoms with Crippen molar-refractivity contribution < 1.29 is 9.53 Å². The van der Waals surface area contributed by atoms with Gasteiger partial charge in [-0.3, -0.25) is 9.69 Å². The van der Waals surface area contributed by atoms with Gasteiger partial charge < -0.3 is 4.74 Å². The van der Waals surface area contributed by atoms with E-state index in [2.05, 4.69) is 30.9 Å². The van der Waals surface area contributed by atoms with Gasteiger partial charge in [0.15, 0.2) is 0 Å². The van der Waals surface area contributed by atoms with Crippen LogP contribution in [-0.2, 0) is 4.79 Å². The van der Waals surface area contributed by atoms with Crippen molar-refractivity contribution in [2.45, 2.75) is 32.7 Å². The first-order valence-corrected chi connectivity index (χ1v) is 6.52. The van der Waals surface area contributed by atoms with E-state index in [1.807, 2.05) is 6.07 Å². The molecule has 1 unspecified atom stereocenters. The quantitative estimate of drug-likeness (QED) is 0.822. The summed E-state index contributed by atoms with van der Waals surface area (Å²) in [5.74, 6) is 1.32. The second kappa shape index (κ2) is 5.53. The molecule has 0 N–H and O–H groups in total. The van der Waals surface area contributed by atoms with Gasteiger partial charge in [-0.1, -0.05) is 12.1 Å². The number of likely N-dealkylation sites (tertiary alicyclic amines) is 1. The van der Waals surface area contributed by atoms with E-state index in [9.17, 15) is 4.79 Å². The number of methoxy groups -OCH3 is 1. The molecule has 1 fully saturated rings. The molecule has 1 aromatic carbocycles. The lowest BCUT2D eigenvalue weighted by Gasteiger charge is -2.32. The summed E-state index contributed by atoms with van der Waals surface area (Å²) in [6, 6.07) is 6.69. The molecule has 1 aliphatic rings. The first-order chi connectivity index (χ1) is 8.61. The first kappa shape index (κ1) is 13.1. The second-order valence-electron chi connectivity index (χ2n) is 4.98. The number of nitrogens with zero attached hydrogens (tertiary/aromatic N) is 1. The predicted octanol–water partition coefficient (Wildman–Crippen LogP) is 2.73. The molecule has 1 heterocycles. The van der Waals surface area contributed by atoms with Gasteiger partial charge in [0.2, 0.25) is 0 Å². The molecule has 98 valence electrons. The minimum Gasteiger partial charge on any atom is -0.496 e. The Kier molecular flexibility index (Phi) is 4.02. The molecule has 0 saturated carbocycles. The van der Waals surface area contributed by atoms with Crippen LogP contribution in [0, 0.1) is 6.92 Å². The Morgan fingerprint density at radius 3 is 2.50 bits per heavy atom. The number of carbonyl (C=O) groups excluding carboxylic acids is 1. The fraction of sp³-hybridized carbons (Fsp3) is 0.533. The molecule has 0 aromatic heterocycles. The van der Waals surface area contributed by atoms with Gasteiger partial charge in [-0.2, -0.15) is 0 Å². The summed E-state index contributed by atoms with van der Waals surface area (Å²) in [6.07, 6.45) is 1.39. The number of ketones is 1. The van der Waals surface area contributed by atoms with Crippen molar-refractivity contribution in [2.75, 3.05) is 20.2 Å². The van der Waals surface area contributed by atoms with Crippen LogP contribution in [0.5, 0.6) is 5.75 Å². The fourth-order valence-electron chi connectivity index (χ4n) is 2.53. The zero-order chi connectivity index (χ0) is 13.1. The Bertz CT molecular complexity index is 432. The maximum absolute atomic E-state index is 11.3. The van der Waals surface area contributed by atoms with Crippen LogP contribution in [0.1, 0.15) is 36.9 Å². The minimum absolute atomic E-state index is 0.364. The van der Waals surface area contributed by atoms with Gasteiger partial charge in [-0.05, 0) is 31.0 Å². The molecular weight excluding hydrogens is 226 g/mol. The van der Waals surface area contributed by atoms with Crippen molar-refractivity contribution >= 4 is 5.78 Å². The average molecular weight is 247 g/mol. The van der Waals surface area contributed by atoms with Crippen LogP contribution < -0.4 is 4.74 Å². The normalized spacial score (nSPS) is 18.7. The second-order valence-corrected chi connectivity index (χ2v) is 4.98. The summed E-state index contributed by atoms with van der Waals surface area (Å²) in [5, 5.41) is 0. The van der Waals surface area contributed by atoms with Gasteiger partial charge in [0, 0.05) is 32.0 Å². The van der Waals surface area contributed by atoms with Gasteiger partial charge in [0.05, 0.1) is 7.11 Å². The van der Waals surface area contributed by atoms with Gasteiger partial charge in [0.25, 0.3) is 0 Å². The number of rotatable bonds is 3. The lowest BCUT2D eigenvalue weighted by Crippen LogP contribution is -2.35. The van der Waals surface area contributed by atoms with Crippen LogP contribution in [0.4, 0.5) is 0 Å². The molecule has 18 heavy (non-hydrogen) atoms. The van der Waals surface area contributed by atoms with Crippen LogP contribution in [0.3, 0.4) is 0 Å². The highest BCUT2D eigenvalue weighted by Crippen LogP contribution is 2.27. The molecule has 0 spiro atoms. The van der Waals surface area contributed by atoms with Crippen molar-refractivity contribution in [3.8, 4) is 5.75 Å². The van der Waals surface area contributed by atoms with Gasteiger partial charge in [-0.15, -0.1) is 0 Å². The Morgan fingerprint density at radius 1 is 1.28 bits per heavy atom. The van der Waals surface area contributed by atoms with E-state index in [-0.39, 0.29) is 0 Å². The molecule has 1 aromatic rings. The van der Waals surface area contributed by atoms with Gasteiger partial charge in [0.1, 0.15) is 11.5 Å². The molecule has 0 amide bonds. The number of hydrogen-bond donors (Lipinski definition) is 0. The first-order valence-electron chi connectivity index (χ1n) is 6.52. The molecule has 2 rings (SSSR count). The third-order valence-electron chi connectivity index (χ3n) is 3.80.